The van der Waals surface area contributed by atoms with Crippen LogP contribution < -0.4 is 16.2 Å². The zero-order chi connectivity index (χ0) is 20.8. The zero-order valence-electron chi connectivity index (χ0n) is 15.8. The van der Waals surface area contributed by atoms with Gasteiger partial charge in [0.15, 0.2) is 0 Å². The lowest BCUT2D eigenvalue weighted by atomic mass is 10.1. The molecule has 3 aromatic rings. The molecule has 1 aromatic heterocycles. The van der Waals surface area contributed by atoms with Gasteiger partial charge in [-0.15, -0.1) is 0 Å². The van der Waals surface area contributed by atoms with E-state index in [9.17, 15) is 18.8 Å². The predicted octanol–water partition coefficient (Wildman–Crippen LogP) is 2.65. The van der Waals surface area contributed by atoms with Crippen molar-refractivity contribution in [2.24, 2.45) is 0 Å². The van der Waals surface area contributed by atoms with Crippen LogP contribution in [0.15, 0.2) is 65.5 Å². The first-order chi connectivity index (χ1) is 14.0. The minimum absolute atomic E-state index is 0.0261. The molecule has 0 saturated heterocycles. The molecule has 0 saturated carbocycles. The summed E-state index contributed by atoms with van der Waals surface area (Å²) in [6.07, 6.45) is 0. The van der Waals surface area contributed by atoms with Crippen LogP contribution in [0.5, 0.6) is 0 Å². The van der Waals surface area contributed by atoms with E-state index in [0.29, 0.717) is 5.69 Å². The van der Waals surface area contributed by atoms with Gasteiger partial charge >= 0.3 is 0 Å². The SMILES string of the molecule is Cc1cccc(-c2ccc(C(=O)NCCNC(=O)c3ccccc3F)c(=O)[nH]2)c1. The predicted molar refractivity (Wildman–Crippen MR) is 108 cm³/mol. The van der Waals surface area contributed by atoms with Gasteiger partial charge in [0, 0.05) is 18.8 Å². The van der Waals surface area contributed by atoms with E-state index in [2.05, 4.69) is 15.6 Å². The summed E-state index contributed by atoms with van der Waals surface area (Å²) in [5.41, 5.74) is 1.93. The summed E-state index contributed by atoms with van der Waals surface area (Å²) in [6, 6.07) is 16.4. The van der Waals surface area contributed by atoms with Crippen LogP contribution in [0.1, 0.15) is 26.3 Å². The smallest absolute Gasteiger partial charge is 0.261 e. The Balaban J connectivity index is 1.56. The second-order valence-corrected chi connectivity index (χ2v) is 6.48. The van der Waals surface area contributed by atoms with Crippen molar-refractivity contribution >= 4 is 11.8 Å². The van der Waals surface area contributed by atoms with Gasteiger partial charge in [-0.2, -0.15) is 0 Å². The number of aryl methyl sites for hydroxylation is 1. The van der Waals surface area contributed by atoms with Crippen molar-refractivity contribution in [3.63, 3.8) is 0 Å². The Morgan fingerprint density at radius 3 is 2.24 bits per heavy atom. The van der Waals surface area contributed by atoms with Gasteiger partial charge in [-0.3, -0.25) is 14.4 Å². The van der Waals surface area contributed by atoms with Gasteiger partial charge in [0.2, 0.25) is 0 Å². The number of aromatic nitrogens is 1. The highest BCUT2D eigenvalue weighted by Crippen LogP contribution is 2.16. The highest BCUT2D eigenvalue weighted by atomic mass is 19.1. The van der Waals surface area contributed by atoms with Crippen molar-refractivity contribution in [2.45, 2.75) is 6.92 Å². The van der Waals surface area contributed by atoms with Crippen molar-refractivity contribution in [1.29, 1.82) is 0 Å². The Morgan fingerprint density at radius 1 is 0.897 bits per heavy atom. The maximum atomic E-state index is 13.6. The molecule has 0 aliphatic carbocycles. The van der Waals surface area contributed by atoms with Gasteiger partial charge in [-0.25, -0.2) is 4.39 Å². The van der Waals surface area contributed by atoms with Gasteiger partial charge in [-0.1, -0.05) is 35.9 Å². The number of hydrogen-bond acceptors (Lipinski definition) is 3. The number of pyridine rings is 1. The molecular weight excluding hydrogens is 373 g/mol. The molecule has 0 unspecified atom stereocenters. The monoisotopic (exact) mass is 393 g/mol. The molecule has 7 heteroatoms. The van der Waals surface area contributed by atoms with Gasteiger partial charge in [-0.05, 0) is 42.8 Å². The largest absolute Gasteiger partial charge is 0.350 e. The van der Waals surface area contributed by atoms with Crippen LogP contribution in [0.4, 0.5) is 4.39 Å². The number of carbonyl (C=O) groups excluding carboxylic acids is 2. The molecule has 0 atom stereocenters. The molecule has 0 spiro atoms. The minimum atomic E-state index is -0.616. The van der Waals surface area contributed by atoms with E-state index in [1.807, 2.05) is 31.2 Å². The average molecular weight is 393 g/mol. The lowest BCUT2D eigenvalue weighted by Crippen LogP contribution is -2.36. The molecule has 148 valence electrons. The summed E-state index contributed by atoms with van der Waals surface area (Å²) in [4.78, 5) is 39.1. The molecular formula is C22H20FN3O3. The molecule has 2 amide bonds. The van der Waals surface area contributed by atoms with Crippen LogP contribution in [0, 0.1) is 12.7 Å². The molecule has 0 fully saturated rings. The van der Waals surface area contributed by atoms with Gasteiger partial charge in [0.05, 0.1) is 5.56 Å². The maximum absolute atomic E-state index is 13.6. The van der Waals surface area contributed by atoms with Crippen molar-refractivity contribution in [2.75, 3.05) is 13.1 Å². The second kappa shape index (κ2) is 8.97. The topological polar surface area (TPSA) is 91.1 Å². The quantitative estimate of drug-likeness (QED) is 0.563. The van der Waals surface area contributed by atoms with Crippen LogP contribution in [0.25, 0.3) is 11.3 Å². The summed E-state index contributed by atoms with van der Waals surface area (Å²) in [7, 11) is 0. The number of aromatic amines is 1. The summed E-state index contributed by atoms with van der Waals surface area (Å²) in [5, 5.41) is 5.08. The molecule has 0 bridgehead atoms. The maximum Gasteiger partial charge on any atom is 0.261 e. The van der Waals surface area contributed by atoms with Crippen LogP contribution >= 0.6 is 0 Å². The third-order valence-corrected chi connectivity index (χ3v) is 4.30. The van der Waals surface area contributed by atoms with Crippen molar-refractivity contribution in [1.82, 2.24) is 15.6 Å². The summed E-state index contributed by atoms with van der Waals surface area (Å²) in [5.74, 6) is -1.74. The van der Waals surface area contributed by atoms with Crippen molar-refractivity contribution in [3.05, 3.63) is 93.5 Å². The Bertz CT molecular complexity index is 1110. The van der Waals surface area contributed by atoms with E-state index in [0.717, 1.165) is 11.1 Å². The zero-order valence-corrected chi connectivity index (χ0v) is 15.8. The molecule has 0 aliphatic heterocycles. The van der Waals surface area contributed by atoms with Crippen LogP contribution in [-0.2, 0) is 0 Å². The minimum Gasteiger partial charge on any atom is -0.350 e. The van der Waals surface area contributed by atoms with E-state index in [4.69, 9.17) is 0 Å². The van der Waals surface area contributed by atoms with Crippen molar-refractivity contribution < 1.29 is 14.0 Å². The number of nitrogens with one attached hydrogen (secondary N) is 3. The van der Waals surface area contributed by atoms with Gasteiger partial charge in [0.1, 0.15) is 11.4 Å². The fraction of sp³-hybridized carbons (Fsp3) is 0.136. The van der Waals surface area contributed by atoms with E-state index < -0.39 is 23.2 Å². The summed E-state index contributed by atoms with van der Waals surface area (Å²) in [6.45, 7) is 2.14. The molecule has 3 rings (SSSR count). The van der Waals surface area contributed by atoms with E-state index >= 15 is 0 Å². The number of benzene rings is 2. The molecule has 29 heavy (non-hydrogen) atoms. The molecule has 1 heterocycles. The normalized spacial score (nSPS) is 10.4. The standard InChI is InChI=1S/C22H20FN3O3/c1-14-5-4-6-15(13-14)19-10-9-17(22(29)26-19)21(28)25-12-11-24-20(27)16-7-2-3-8-18(16)23/h2-10,13H,11-12H2,1H3,(H,24,27)(H,25,28)(H,26,29). The number of hydrogen-bond donors (Lipinski definition) is 3. The van der Waals surface area contributed by atoms with E-state index in [-0.39, 0.29) is 24.2 Å². The van der Waals surface area contributed by atoms with Crippen LogP contribution in [0.2, 0.25) is 0 Å². The lowest BCUT2D eigenvalue weighted by Gasteiger charge is -2.08. The van der Waals surface area contributed by atoms with E-state index in [1.54, 1.807) is 12.1 Å². The average Bonchev–Trinajstić information content (AvgIpc) is 2.71. The fourth-order valence-electron chi connectivity index (χ4n) is 2.82. The summed E-state index contributed by atoms with van der Waals surface area (Å²) >= 11 is 0. The van der Waals surface area contributed by atoms with Crippen molar-refractivity contribution in [3.8, 4) is 11.3 Å². The molecule has 3 N–H and O–H groups in total. The molecule has 0 aliphatic rings. The molecule has 0 radical (unpaired) electrons. The first-order valence-electron chi connectivity index (χ1n) is 9.07. The molecule has 6 nitrogen and oxygen atoms in total. The second-order valence-electron chi connectivity index (χ2n) is 6.48. The van der Waals surface area contributed by atoms with Gasteiger partial charge < -0.3 is 15.6 Å². The number of carbonyl (C=O) groups is 2. The van der Waals surface area contributed by atoms with Crippen LogP contribution in [-0.4, -0.2) is 29.9 Å². The number of rotatable bonds is 6. The lowest BCUT2D eigenvalue weighted by molar-refractivity contribution is 0.0924. The van der Waals surface area contributed by atoms with Gasteiger partial charge in [0.25, 0.3) is 17.4 Å². The first-order valence-corrected chi connectivity index (χ1v) is 9.07. The Hall–Kier alpha value is -3.74. The Morgan fingerprint density at radius 2 is 1.59 bits per heavy atom. The summed E-state index contributed by atoms with van der Waals surface area (Å²) < 4.78 is 13.6. The Kier molecular flexibility index (Phi) is 6.19. The number of halogens is 1. The van der Waals surface area contributed by atoms with Crippen LogP contribution in [0.3, 0.4) is 0 Å². The first kappa shape index (κ1) is 20.0. The highest BCUT2D eigenvalue weighted by molar-refractivity contribution is 5.95. The third kappa shape index (κ3) is 4.95. The highest BCUT2D eigenvalue weighted by Gasteiger charge is 2.13. The fourth-order valence-corrected chi connectivity index (χ4v) is 2.82. The number of amides is 2. The number of H-pyrrole nitrogens is 1. The third-order valence-electron chi connectivity index (χ3n) is 4.30. The molecule has 2 aromatic carbocycles. The van der Waals surface area contributed by atoms with E-state index in [1.165, 1.54) is 24.3 Å². The Labute approximate surface area is 166 Å².